The molecule has 0 atom stereocenters. The largest absolute Gasteiger partial charge is 0.505 e. The van der Waals surface area contributed by atoms with Crippen molar-refractivity contribution >= 4 is 0 Å². The van der Waals surface area contributed by atoms with Crippen molar-refractivity contribution in [3.05, 3.63) is 53.8 Å². The molecule has 0 amide bonds. The van der Waals surface area contributed by atoms with Crippen molar-refractivity contribution in [3.63, 3.8) is 0 Å². The smallest absolute Gasteiger partial charge is 0.165 e. The molecule has 0 aliphatic carbocycles. The Morgan fingerprint density at radius 3 is 1.81 bits per heavy atom. The second-order valence-electron chi connectivity index (χ2n) is 3.30. The summed E-state index contributed by atoms with van der Waals surface area (Å²) in [7, 11) is 0. The van der Waals surface area contributed by atoms with Crippen LogP contribution >= 0.6 is 0 Å². The Morgan fingerprint density at radius 1 is 0.688 bits per heavy atom. The highest BCUT2D eigenvalue weighted by atomic mass is 19.2. The van der Waals surface area contributed by atoms with Crippen molar-refractivity contribution < 1.29 is 18.3 Å². The fraction of sp³-hybridized carbons (Fsp3) is 0. The number of phenols is 1. The van der Waals surface area contributed by atoms with Gasteiger partial charge in [0.1, 0.15) is 0 Å². The predicted molar refractivity (Wildman–Crippen MR) is 53.4 cm³/mol. The molecular weight excluding hydrogens is 217 g/mol. The van der Waals surface area contributed by atoms with Crippen LogP contribution in [0.1, 0.15) is 0 Å². The Morgan fingerprint density at radius 2 is 1.25 bits per heavy atom. The van der Waals surface area contributed by atoms with Crippen molar-refractivity contribution in [1.29, 1.82) is 0 Å². The van der Waals surface area contributed by atoms with Crippen LogP contribution in [0.25, 0.3) is 11.1 Å². The minimum absolute atomic E-state index is 0.345. The van der Waals surface area contributed by atoms with Crippen molar-refractivity contribution in [2.24, 2.45) is 0 Å². The number of hydrogen-bond donors (Lipinski definition) is 1. The van der Waals surface area contributed by atoms with Gasteiger partial charge in [0.2, 0.25) is 0 Å². The number of aromatic hydroxyl groups is 1. The van der Waals surface area contributed by atoms with Gasteiger partial charge in [-0.15, -0.1) is 0 Å². The van der Waals surface area contributed by atoms with E-state index in [4.69, 9.17) is 5.11 Å². The highest BCUT2D eigenvalue weighted by Gasteiger charge is 2.07. The van der Waals surface area contributed by atoms with E-state index in [1.54, 1.807) is 0 Å². The van der Waals surface area contributed by atoms with Crippen LogP contribution in [0.2, 0.25) is 0 Å². The van der Waals surface area contributed by atoms with E-state index >= 15 is 0 Å². The summed E-state index contributed by atoms with van der Waals surface area (Å²) in [6, 6.07) is 6.92. The lowest BCUT2D eigenvalue weighted by Gasteiger charge is -2.03. The van der Waals surface area contributed by atoms with E-state index in [9.17, 15) is 13.2 Å². The normalized spacial score (nSPS) is 10.4. The van der Waals surface area contributed by atoms with Gasteiger partial charge in [0.25, 0.3) is 0 Å². The third-order valence-corrected chi connectivity index (χ3v) is 2.20. The second kappa shape index (κ2) is 3.89. The van der Waals surface area contributed by atoms with E-state index in [0.717, 1.165) is 24.3 Å². The second-order valence-corrected chi connectivity index (χ2v) is 3.30. The first-order valence-electron chi connectivity index (χ1n) is 4.52. The van der Waals surface area contributed by atoms with Crippen LogP contribution in [-0.4, -0.2) is 5.11 Å². The number of rotatable bonds is 1. The van der Waals surface area contributed by atoms with E-state index in [1.807, 2.05) is 0 Å². The molecule has 0 aromatic heterocycles. The van der Waals surface area contributed by atoms with Crippen LogP contribution in [0.3, 0.4) is 0 Å². The number of hydrogen-bond acceptors (Lipinski definition) is 1. The van der Waals surface area contributed by atoms with Gasteiger partial charge in [0, 0.05) is 0 Å². The topological polar surface area (TPSA) is 20.2 Å². The Labute approximate surface area is 89.8 Å². The highest BCUT2D eigenvalue weighted by Crippen LogP contribution is 2.25. The fourth-order valence-corrected chi connectivity index (χ4v) is 1.36. The molecule has 4 heteroatoms. The number of halogens is 3. The lowest BCUT2D eigenvalue weighted by atomic mass is 10.1. The molecule has 16 heavy (non-hydrogen) atoms. The summed E-state index contributed by atoms with van der Waals surface area (Å²) < 4.78 is 38.6. The van der Waals surface area contributed by atoms with Gasteiger partial charge in [-0.25, -0.2) is 13.2 Å². The van der Waals surface area contributed by atoms with E-state index in [1.165, 1.54) is 12.1 Å². The van der Waals surface area contributed by atoms with E-state index in [0.29, 0.717) is 11.1 Å². The molecule has 0 bridgehead atoms. The Bertz CT molecular complexity index is 488. The van der Waals surface area contributed by atoms with Crippen LogP contribution < -0.4 is 0 Å². The Hall–Kier alpha value is -1.97. The molecule has 0 saturated carbocycles. The van der Waals surface area contributed by atoms with Gasteiger partial charge in [0.05, 0.1) is 0 Å². The summed E-state index contributed by atoms with van der Waals surface area (Å²) in [6.45, 7) is 0. The first-order chi connectivity index (χ1) is 7.58. The SMILES string of the molecule is Oc1ccc(-c2ccc(F)c(F)c2)cc1F. The minimum atomic E-state index is -0.994. The summed E-state index contributed by atoms with van der Waals surface area (Å²) in [5.74, 6) is -3.23. The predicted octanol–water partition coefficient (Wildman–Crippen LogP) is 3.48. The van der Waals surface area contributed by atoms with Gasteiger partial charge in [-0.05, 0) is 35.4 Å². The summed E-state index contributed by atoms with van der Waals surface area (Å²) >= 11 is 0. The van der Waals surface area contributed by atoms with Crippen LogP contribution in [0, 0.1) is 17.5 Å². The summed E-state index contributed by atoms with van der Waals surface area (Å²) in [5, 5.41) is 8.98. The lowest BCUT2D eigenvalue weighted by Crippen LogP contribution is -1.86. The molecular formula is C12H7F3O. The summed E-state index contributed by atoms with van der Waals surface area (Å²) in [6.07, 6.45) is 0. The molecule has 2 rings (SSSR count). The molecule has 0 aliphatic heterocycles. The monoisotopic (exact) mass is 224 g/mol. The minimum Gasteiger partial charge on any atom is -0.505 e. The average Bonchev–Trinajstić information content (AvgIpc) is 2.26. The standard InChI is InChI=1S/C12H7F3O/c13-9-3-1-7(5-10(9)14)8-2-4-12(16)11(15)6-8/h1-6,16H. The zero-order chi connectivity index (χ0) is 11.7. The Kier molecular flexibility index (Phi) is 2.56. The number of benzene rings is 2. The maximum atomic E-state index is 13.0. The molecule has 82 valence electrons. The first-order valence-corrected chi connectivity index (χ1v) is 4.52. The van der Waals surface area contributed by atoms with Crippen LogP contribution in [0.5, 0.6) is 5.75 Å². The first kappa shape index (κ1) is 10.5. The quantitative estimate of drug-likeness (QED) is 0.786. The van der Waals surface area contributed by atoms with Crippen LogP contribution in [0.4, 0.5) is 13.2 Å². The highest BCUT2D eigenvalue weighted by molar-refractivity contribution is 5.64. The molecule has 1 N–H and O–H groups in total. The van der Waals surface area contributed by atoms with Gasteiger partial charge in [-0.3, -0.25) is 0 Å². The third kappa shape index (κ3) is 1.86. The number of phenolic OH excluding ortho intramolecular Hbond substituents is 1. The maximum absolute atomic E-state index is 13.0. The zero-order valence-electron chi connectivity index (χ0n) is 8.05. The summed E-state index contributed by atoms with van der Waals surface area (Å²) in [4.78, 5) is 0. The van der Waals surface area contributed by atoms with E-state index in [-0.39, 0.29) is 0 Å². The fourth-order valence-electron chi connectivity index (χ4n) is 1.36. The molecule has 2 aromatic carbocycles. The summed E-state index contributed by atoms with van der Waals surface area (Å²) in [5.41, 5.74) is 0.715. The molecule has 0 fully saturated rings. The molecule has 0 spiro atoms. The van der Waals surface area contributed by atoms with Crippen molar-refractivity contribution in [2.75, 3.05) is 0 Å². The van der Waals surface area contributed by atoms with Crippen LogP contribution in [0.15, 0.2) is 36.4 Å². The molecule has 2 aromatic rings. The lowest BCUT2D eigenvalue weighted by molar-refractivity contribution is 0.432. The van der Waals surface area contributed by atoms with Gasteiger partial charge >= 0.3 is 0 Å². The van der Waals surface area contributed by atoms with Gasteiger partial charge in [-0.2, -0.15) is 0 Å². The van der Waals surface area contributed by atoms with Gasteiger partial charge in [0.15, 0.2) is 23.2 Å². The molecule has 0 heterocycles. The molecule has 0 unspecified atom stereocenters. The average molecular weight is 224 g/mol. The van der Waals surface area contributed by atoms with Crippen molar-refractivity contribution in [2.45, 2.75) is 0 Å². The van der Waals surface area contributed by atoms with E-state index in [2.05, 4.69) is 0 Å². The maximum Gasteiger partial charge on any atom is 0.165 e. The Balaban J connectivity index is 2.50. The van der Waals surface area contributed by atoms with Crippen molar-refractivity contribution in [3.8, 4) is 16.9 Å². The molecule has 1 nitrogen and oxygen atoms in total. The van der Waals surface area contributed by atoms with Crippen LogP contribution in [-0.2, 0) is 0 Å². The van der Waals surface area contributed by atoms with Gasteiger partial charge in [-0.1, -0.05) is 12.1 Å². The van der Waals surface area contributed by atoms with Gasteiger partial charge < -0.3 is 5.11 Å². The van der Waals surface area contributed by atoms with E-state index < -0.39 is 23.2 Å². The molecule has 0 radical (unpaired) electrons. The molecule has 0 saturated heterocycles. The molecule has 0 aliphatic rings. The third-order valence-electron chi connectivity index (χ3n) is 2.20. The van der Waals surface area contributed by atoms with Crippen molar-refractivity contribution in [1.82, 2.24) is 0 Å². The zero-order valence-corrected chi connectivity index (χ0v) is 8.05.